The molecule has 8 aromatic rings. The zero-order chi connectivity index (χ0) is 39.9. The van der Waals surface area contributed by atoms with Gasteiger partial charge in [-0.05, 0) is 118 Å². The Bertz CT molecular complexity index is 2920. The Kier molecular flexibility index (Phi) is 11.6. The van der Waals surface area contributed by atoms with Gasteiger partial charge < -0.3 is 0 Å². The van der Waals surface area contributed by atoms with E-state index >= 15 is 0 Å². The second-order valence-electron chi connectivity index (χ2n) is 14.5. The summed E-state index contributed by atoms with van der Waals surface area (Å²) in [4.78, 5) is 10.2. The summed E-state index contributed by atoms with van der Waals surface area (Å²) in [5.74, 6) is 0.651. The van der Waals surface area contributed by atoms with Crippen LogP contribution in [0.15, 0.2) is 205 Å². The highest BCUT2D eigenvalue weighted by atomic mass is 14.9. The molecule has 0 aliphatic rings. The molecule has 0 saturated carbocycles. The van der Waals surface area contributed by atoms with E-state index in [4.69, 9.17) is 9.98 Å². The van der Waals surface area contributed by atoms with Crippen LogP contribution in [0.3, 0.4) is 0 Å². The molecule has 0 aliphatic carbocycles. The van der Waals surface area contributed by atoms with Crippen LogP contribution in [0.1, 0.15) is 54.2 Å². The molecule has 0 aliphatic heterocycles. The number of hydrogen-bond acceptors (Lipinski definition) is 1. The fraction of sp³-hybridized carbons (Fsp3) is 0.0909. The van der Waals surface area contributed by atoms with Gasteiger partial charge in [0.2, 0.25) is 0 Å². The minimum absolute atomic E-state index is 0.651. The molecule has 0 saturated heterocycles. The van der Waals surface area contributed by atoms with Gasteiger partial charge in [-0.1, -0.05) is 183 Å². The molecule has 0 aromatic heterocycles. The molecule has 2 heteroatoms. The van der Waals surface area contributed by atoms with Gasteiger partial charge in [-0.15, -0.1) is 0 Å². The molecule has 0 atom stereocenters. The maximum atomic E-state index is 5.16. The maximum absolute atomic E-state index is 5.16. The number of aliphatic imine (C=N–C) groups is 2. The van der Waals surface area contributed by atoms with E-state index in [1.807, 2.05) is 31.2 Å². The Morgan fingerprint density at radius 3 is 1.70 bits per heavy atom. The molecule has 8 aromatic carbocycles. The van der Waals surface area contributed by atoms with Gasteiger partial charge >= 0.3 is 0 Å². The van der Waals surface area contributed by atoms with Gasteiger partial charge in [0.25, 0.3) is 0 Å². The van der Waals surface area contributed by atoms with Gasteiger partial charge in [-0.25, -0.2) is 9.98 Å². The highest BCUT2D eigenvalue weighted by Gasteiger charge is 2.16. The van der Waals surface area contributed by atoms with Crippen LogP contribution in [0.25, 0.3) is 54.4 Å². The van der Waals surface area contributed by atoms with E-state index in [0.29, 0.717) is 11.5 Å². The number of rotatable bonds is 7. The van der Waals surface area contributed by atoms with E-state index in [2.05, 4.69) is 186 Å². The van der Waals surface area contributed by atoms with E-state index < -0.39 is 0 Å². The van der Waals surface area contributed by atoms with Crippen molar-refractivity contribution in [3.63, 3.8) is 0 Å². The van der Waals surface area contributed by atoms with Crippen LogP contribution in [-0.4, -0.2) is 11.5 Å². The summed E-state index contributed by atoms with van der Waals surface area (Å²) in [7, 11) is 0. The van der Waals surface area contributed by atoms with Crippen molar-refractivity contribution in [1.29, 1.82) is 0 Å². The number of amidine groups is 1. The highest BCUT2D eigenvalue weighted by Crippen LogP contribution is 2.41. The maximum Gasteiger partial charge on any atom is 0.160 e. The number of fused-ring (bicyclic) bond motifs is 8. The smallest absolute Gasteiger partial charge is 0.160 e. The lowest BCUT2D eigenvalue weighted by Gasteiger charge is -2.16. The van der Waals surface area contributed by atoms with Crippen molar-refractivity contribution in [3.8, 4) is 0 Å². The van der Waals surface area contributed by atoms with Crippen molar-refractivity contribution < 1.29 is 0 Å². The molecule has 2 nitrogen and oxygen atoms in total. The summed E-state index contributed by atoms with van der Waals surface area (Å²) >= 11 is 0. The summed E-state index contributed by atoms with van der Waals surface area (Å²) in [6.07, 6.45) is 5.86. The minimum atomic E-state index is 0.651. The fourth-order valence-corrected chi connectivity index (χ4v) is 7.58. The molecule has 8 rings (SSSR count). The summed E-state index contributed by atoms with van der Waals surface area (Å²) in [5, 5.41) is 9.80. The van der Waals surface area contributed by atoms with E-state index in [-0.39, 0.29) is 0 Å². The second-order valence-corrected chi connectivity index (χ2v) is 14.5. The van der Waals surface area contributed by atoms with Gasteiger partial charge in [0, 0.05) is 16.8 Å². The Balaban J connectivity index is 0.000000280. The largest absolute Gasteiger partial charge is 0.233 e. The lowest BCUT2D eigenvalue weighted by Crippen LogP contribution is -2.04. The molecule has 0 unspecified atom stereocenters. The van der Waals surface area contributed by atoms with E-state index in [9.17, 15) is 0 Å². The van der Waals surface area contributed by atoms with Gasteiger partial charge in [-0.3, -0.25) is 0 Å². The van der Waals surface area contributed by atoms with Crippen LogP contribution in [0.2, 0.25) is 0 Å². The first-order valence-electron chi connectivity index (χ1n) is 19.5. The van der Waals surface area contributed by atoms with Crippen LogP contribution >= 0.6 is 0 Å². The van der Waals surface area contributed by atoms with Crippen LogP contribution in [-0.2, 0) is 0 Å². The van der Waals surface area contributed by atoms with Crippen molar-refractivity contribution in [3.05, 3.63) is 228 Å². The Hall–Kier alpha value is -6.90. The SMILES string of the molecule is C=C(N=C(N=C(C)c1ccccc1)c1cccc(C)c1)c1cc2c3ccccc3c3ccccc3c2c2ccccc12.C=C/C=C\C(C)=C(/C)c1ccccc1C. The lowest BCUT2D eigenvalue weighted by molar-refractivity contribution is 1.38. The van der Waals surface area contributed by atoms with Crippen LogP contribution in [0.4, 0.5) is 0 Å². The predicted octanol–water partition coefficient (Wildman–Crippen LogP) is 15.1. The number of aryl methyl sites for hydroxylation is 2. The van der Waals surface area contributed by atoms with Crippen LogP contribution < -0.4 is 0 Å². The summed E-state index contributed by atoms with van der Waals surface area (Å²) in [6, 6.07) is 55.3. The standard InChI is InChI=1S/C40H30N2.C15H18/c1-26-14-13-17-30(24-26)40(41-27(2)29-15-5-4-6-16-29)42-28(3)37-25-38-33-20-8-7-18-31(33)32-19-9-11-22-35(32)39(38)36-23-12-10-21-34(36)37;1-5-6-9-12(2)14(4)15-11-8-7-10-13(15)3/h4-25H,3H2,1-2H3;5-11H,1H2,2-4H3/b;9-6-,14-12+. The Morgan fingerprint density at radius 2 is 1.05 bits per heavy atom. The highest BCUT2D eigenvalue weighted by molar-refractivity contribution is 6.32. The van der Waals surface area contributed by atoms with E-state index in [0.717, 1.165) is 33.4 Å². The quantitative estimate of drug-likeness (QED) is 0.0674. The molecule has 57 heavy (non-hydrogen) atoms. The number of benzene rings is 8. The van der Waals surface area contributed by atoms with Crippen molar-refractivity contribution >= 4 is 65.9 Å². The van der Waals surface area contributed by atoms with Gasteiger partial charge in [0.1, 0.15) is 0 Å². The number of allylic oxidation sites excluding steroid dienone is 5. The van der Waals surface area contributed by atoms with Gasteiger partial charge in [0.15, 0.2) is 5.84 Å². The summed E-state index contributed by atoms with van der Waals surface area (Å²) in [6.45, 7) is 18.8. The lowest BCUT2D eigenvalue weighted by atomic mass is 9.88. The summed E-state index contributed by atoms with van der Waals surface area (Å²) in [5.41, 5.74) is 11.0. The predicted molar refractivity (Wildman–Crippen MR) is 251 cm³/mol. The second kappa shape index (κ2) is 17.3. The first kappa shape index (κ1) is 38.4. The molecule has 0 bridgehead atoms. The zero-order valence-corrected chi connectivity index (χ0v) is 33.6. The summed E-state index contributed by atoms with van der Waals surface area (Å²) < 4.78 is 0. The molecule has 0 heterocycles. The molecule has 0 N–H and O–H groups in total. The Labute approximate surface area is 337 Å². The molecule has 0 radical (unpaired) electrons. The average molecular weight is 737 g/mol. The zero-order valence-electron chi connectivity index (χ0n) is 33.6. The van der Waals surface area contributed by atoms with E-state index in [1.165, 1.54) is 60.0 Å². The minimum Gasteiger partial charge on any atom is -0.233 e. The number of nitrogens with zero attached hydrogens (tertiary/aromatic N) is 2. The van der Waals surface area contributed by atoms with Crippen molar-refractivity contribution in [1.82, 2.24) is 0 Å². The molecule has 0 fully saturated rings. The molecular weight excluding hydrogens is 689 g/mol. The number of hydrogen-bond donors (Lipinski definition) is 0. The van der Waals surface area contributed by atoms with Crippen molar-refractivity contribution in [2.45, 2.75) is 34.6 Å². The fourth-order valence-electron chi connectivity index (χ4n) is 7.58. The average Bonchev–Trinajstić information content (AvgIpc) is 3.25. The van der Waals surface area contributed by atoms with Crippen LogP contribution in [0.5, 0.6) is 0 Å². The topological polar surface area (TPSA) is 24.7 Å². The third-order valence-electron chi connectivity index (χ3n) is 10.7. The first-order valence-corrected chi connectivity index (χ1v) is 19.5. The monoisotopic (exact) mass is 736 g/mol. The van der Waals surface area contributed by atoms with Crippen molar-refractivity contribution in [2.24, 2.45) is 9.98 Å². The van der Waals surface area contributed by atoms with Crippen molar-refractivity contribution in [2.75, 3.05) is 0 Å². The van der Waals surface area contributed by atoms with Crippen LogP contribution in [0, 0.1) is 13.8 Å². The molecule has 0 spiro atoms. The van der Waals surface area contributed by atoms with E-state index in [1.54, 1.807) is 6.08 Å². The Morgan fingerprint density at radius 1 is 0.509 bits per heavy atom. The van der Waals surface area contributed by atoms with Gasteiger partial charge in [-0.2, -0.15) is 0 Å². The molecular formula is C55H48N2. The normalized spacial score (nSPS) is 12.5. The first-order chi connectivity index (χ1) is 27.7. The molecule has 278 valence electrons. The molecule has 0 amide bonds. The van der Waals surface area contributed by atoms with Gasteiger partial charge in [0.05, 0.1) is 5.70 Å². The third kappa shape index (κ3) is 8.22. The third-order valence-corrected chi connectivity index (χ3v) is 10.7.